The predicted octanol–water partition coefficient (Wildman–Crippen LogP) is 1.49. The quantitative estimate of drug-likeness (QED) is 0.854. The summed E-state index contributed by atoms with van der Waals surface area (Å²) in [5, 5.41) is 12.1. The van der Waals surface area contributed by atoms with Crippen LogP contribution < -0.4 is 10.2 Å². The summed E-state index contributed by atoms with van der Waals surface area (Å²) in [7, 11) is 0. The van der Waals surface area contributed by atoms with Gasteiger partial charge in [0.2, 0.25) is 5.91 Å². The highest BCUT2D eigenvalue weighted by atomic mass is 79.9. The van der Waals surface area contributed by atoms with E-state index >= 15 is 0 Å². The molecule has 0 spiro atoms. The van der Waals surface area contributed by atoms with E-state index in [1.807, 2.05) is 6.92 Å². The Bertz CT molecular complexity index is 550. The fraction of sp³-hybridized carbons (Fsp3) is 0.429. The van der Waals surface area contributed by atoms with Crippen molar-refractivity contribution in [1.29, 1.82) is 0 Å². The molecule has 0 saturated carbocycles. The summed E-state index contributed by atoms with van der Waals surface area (Å²) in [4.78, 5) is 25.4. The van der Waals surface area contributed by atoms with Gasteiger partial charge in [0.05, 0.1) is 24.5 Å². The monoisotopic (exact) mass is 356 g/mol. The van der Waals surface area contributed by atoms with E-state index in [0.29, 0.717) is 29.9 Å². The number of hydrogen-bond donors (Lipinski definition) is 2. The maximum absolute atomic E-state index is 12.1. The lowest BCUT2D eigenvalue weighted by molar-refractivity contribution is -0.124. The molecule has 0 aromatic heterocycles. The SMILES string of the molecule is CCNC(=O)C1COCCN1c1ccc(Br)cc1C(=O)O. The molecule has 2 N–H and O–H groups in total. The summed E-state index contributed by atoms with van der Waals surface area (Å²) >= 11 is 3.27. The van der Waals surface area contributed by atoms with Gasteiger partial charge in [-0.25, -0.2) is 4.79 Å². The Morgan fingerprint density at radius 1 is 1.52 bits per heavy atom. The van der Waals surface area contributed by atoms with Crippen molar-refractivity contribution in [3.05, 3.63) is 28.2 Å². The molecule has 0 radical (unpaired) electrons. The van der Waals surface area contributed by atoms with Crippen LogP contribution in [0.4, 0.5) is 5.69 Å². The highest BCUT2D eigenvalue weighted by Crippen LogP contribution is 2.27. The first kappa shape index (κ1) is 15.8. The number of hydrogen-bond acceptors (Lipinski definition) is 4. The third-order valence-corrected chi connectivity index (χ3v) is 3.77. The van der Waals surface area contributed by atoms with E-state index in [1.165, 1.54) is 0 Å². The van der Waals surface area contributed by atoms with Crippen molar-refractivity contribution in [2.45, 2.75) is 13.0 Å². The molecule has 1 aliphatic rings. The highest BCUT2D eigenvalue weighted by Gasteiger charge is 2.31. The van der Waals surface area contributed by atoms with Crippen LogP contribution in [0.1, 0.15) is 17.3 Å². The van der Waals surface area contributed by atoms with Crippen LogP contribution in [-0.4, -0.2) is 49.3 Å². The molecule has 1 aliphatic heterocycles. The van der Waals surface area contributed by atoms with Crippen LogP contribution >= 0.6 is 15.9 Å². The van der Waals surface area contributed by atoms with E-state index in [1.54, 1.807) is 23.1 Å². The van der Waals surface area contributed by atoms with Crippen LogP contribution in [0.3, 0.4) is 0 Å². The number of ether oxygens (including phenoxy) is 1. The number of aromatic carboxylic acids is 1. The van der Waals surface area contributed by atoms with Gasteiger partial charge in [0, 0.05) is 17.6 Å². The summed E-state index contributed by atoms with van der Waals surface area (Å²) in [6.45, 7) is 3.55. The highest BCUT2D eigenvalue weighted by molar-refractivity contribution is 9.10. The van der Waals surface area contributed by atoms with Gasteiger partial charge in [-0.1, -0.05) is 15.9 Å². The standard InChI is InChI=1S/C14H17BrN2O4/c1-2-16-13(18)12-8-21-6-5-17(12)11-4-3-9(15)7-10(11)14(19)20/h3-4,7,12H,2,5-6,8H2,1H3,(H,16,18)(H,19,20). The molecule has 114 valence electrons. The second-order valence-electron chi connectivity index (χ2n) is 4.65. The van der Waals surface area contributed by atoms with Gasteiger partial charge in [0.15, 0.2) is 0 Å². The topological polar surface area (TPSA) is 78.9 Å². The molecule has 2 rings (SSSR count). The summed E-state index contributed by atoms with van der Waals surface area (Å²) in [5.74, 6) is -1.18. The number of morpholine rings is 1. The van der Waals surface area contributed by atoms with Crippen molar-refractivity contribution in [2.75, 3.05) is 31.2 Å². The minimum absolute atomic E-state index is 0.156. The Kier molecular flexibility index (Phi) is 5.19. The van der Waals surface area contributed by atoms with Crippen LogP contribution in [0.15, 0.2) is 22.7 Å². The maximum atomic E-state index is 12.1. The van der Waals surface area contributed by atoms with Gasteiger partial charge in [-0.3, -0.25) is 4.79 Å². The van der Waals surface area contributed by atoms with Crippen molar-refractivity contribution < 1.29 is 19.4 Å². The number of nitrogens with one attached hydrogen (secondary N) is 1. The summed E-state index contributed by atoms with van der Waals surface area (Å²) in [6.07, 6.45) is 0. The zero-order valence-electron chi connectivity index (χ0n) is 11.6. The number of nitrogens with zero attached hydrogens (tertiary/aromatic N) is 1. The second kappa shape index (κ2) is 6.91. The lowest BCUT2D eigenvalue weighted by Crippen LogP contribution is -2.54. The molecule has 21 heavy (non-hydrogen) atoms. The van der Waals surface area contributed by atoms with Crippen LogP contribution in [-0.2, 0) is 9.53 Å². The second-order valence-corrected chi connectivity index (χ2v) is 5.56. The van der Waals surface area contributed by atoms with Gasteiger partial charge < -0.3 is 20.1 Å². The Hall–Kier alpha value is -1.60. The molecule has 1 saturated heterocycles. The van der Waals surface area contributed by atoms with Crippen LogP contribution in [0, 0.1) is 0 Å². The molecular weight excluding hydrogens is 340 g/mol. The largest absolute Gasteiger partial charge is 0.478 e. The van der Waals surface area contributed by atoms with Crippen molar-refractivity contribution in [3.8, 4) is 0 Å². The van der Waals surface area contributed by atoms with Gasteiger partial charge in [-0.15, -0.1) is 0 Å². The molecule has 1 aromatic rings. The van der Waals surface area contributed by atoms with Gasteiger partial charge in [-0.05, 0) is 25.1 Å². The Balaban J connectivity index is 2.37. The first-order chi connectivity index (χ1) is 10.0. The molecule has 0 bridgehead atoms. The van der Waals surface area contributed by atoms with Crippen LogP contribution in [0.5, 0.6) is 0 Å². The van der Waals surface area contributed by atoms with Gasteiger partial charge in [-0.2, -0.15) is 0 Å². The number of carboxylic acid groups (broad SMARTS) is 1. The molecule has 1 heterocycles. The Labute approximate surface area is 131 Å². The number of anilines is 1. The number of carbonyl (C=O) groups excluding carboxylic acids is 1. The molecule has 1 aromatic carbocycles. The molecule has 1 atom stereocenters. The molecule has 1 unspecified atom stereocenters. The average Bonchev–Trinajstić information content (AvgIpc) is 2.47. The van der Waals surface area contributed by atoms with Gasteiger partial charge in [0.1, 0.15) is 6.04 Å². The molecule has 1 amide bonds. The van der Waals surface area contributed by atoms with Crippen LogP contribution in [0.25, 0.3) is 0 Å². The molecule has 6 nitrogen and oxygen atoms in total. The molecule has 0 aliphatic carbocycles. The number of benzene rings is 1. The van der Waals surface area contributed by atoms with E-state index in [9.17, 15) is 14.7 Å². The van der Waals surface area contributed by atoms with E-state index in [0.717, 1.165) is 0 Å². The number of rotatable bonds is 4. The molecular formula is C14H17BrN2O4. The van der Waals surface area contributed by atoms with E-state index in [2.05, 4.69) is 21.2 Å². The third kappa shape index (κ3) is 3.54. The lowest BCUT2D eigenvalue weighted by atomic mass is 10.1. The zero-order chi connectivity index (χ0) is 15.4. The molecule has 1 fully saturated rings. The summed E-state index contributed by atoms with van der Waals surface area (Å²) in [5.41, 5.74) is 0.700. The van der Waals surface area contributed by atoms with Crippen LogP contribution in [0.2, 0.25) is 0 Å². The van der Waals surface area contributed by atoms with Crippen molar-refractivity contribution in [1.82, 2.24) is 5.32 Å². The molecule has 7 heteroatoms. The average molecular weight is 357 g/mol. The lowest BCUT2D eigenvalue weighted by Gasteiger charge is -2.37. The Morgan fingerprint density at radius 3 is 2.95 bits per heavy atom. The van der Waals surface area contributed by atoms with E-state index in [4.69, 9.17) is 4.74 Å². The minimum Gasteiger partial charge on any atom is -0.478 e. The van der Waals surface area contributed by atoms with E-state index in [-0.39, 0.29) is 18.1 Å². The third-order valence-electron chi connectivity index (χ3n) is 3.28. The number of likely N-dealkylation sites (N-methyl/N-ethyl adjacent to an activating group) is 1. The van der Waals surface area contributed by atoms with E-state index < -0.39 is 12.0 Å². The zero-order valence-corrected chi connectivity index (χ0v) is 13.2. The smallest absolute Gasteiger partial charge is 0.337 e. The fourth-order valence-electron chi connectivity index (χ4n) is 2.33. The fourth-order valence-corrected chi connectivity index (χ4v) is 2.69. The van der Waals surface area contributed by atoms with Crippen molar-refractivity contribution in [3.63, 3.8) is 0 Å². The van der Waals surface area contributed by atoms with Gasteiger partial charge in [0.25, 0.3) is 0 Å². The minimum atomic E-state index is -1.02. The number of carbonyl (C=O) groups is 2. The number of halogens is 1. The van der Waals surface area contributed by atoms with Crippen molar-refractivity contribution in [2.24, 2.45) is 0 Å². The van der Waals surface area contributed by atoms with Crippen molar-refractivity contribution >= 4 is 33.5 Å². The summed E-state index contributed by atoms with van der Waals surface area (Å²) < 4.78 is 6.05. The summed E-state index contributed by atoms with van der Waals surface area (Å²) in [6, 6.07) is 4.51. The predicted molar refractivity (Wildman–Crippen MR) is 81.7 cm³/mol. The Morgan fingerprint density at radius 2 is 2.29 bits per heavy atom. The number of amides is 1. The maximum Gasteiger partial charge on any atom is 0.337 e. The number of carboxylic acids is 1. The first-order valence-corrected chi connectivity index (χ1v) is 7.48. The normalized spacial score (nSPS) is 18.4. The van der Waals surface area contributed by atoms with Gasteiger partial charge >= 0.3 is 5.97 Å². The first-order valence-electron chi connectivity index (χ1n) is 6.69.